The Morgan fingerprint density at radius 3 is 1.98 bits per heavy atom. The summed E-state index contributed by atoms with van der Waals surface area (Å²) in [5.41, 5.74) is 2.69. The van der Waals surface area contributed by atoms with Crippen molar-refractivity contribution in [2.75, 3.05) is 18.4 Å². The van der Waals surface area contributed by atoms with Crippen LogP contribution in [0.5, 0.6) is 0 Å². The molecular weight excluding hydrogens is 838 g/mol. The molecule has 2 fully saturated rings. The van der Waals surface area contributed by atoms with E-state index in [4.69, 9.17) is 4.74 Å². The van der Waals surface area contributed by atoms with Crippen molar-refractivity contribution >= 4 is 52.0 Å². The Hall–Kier alpha value is -6.63. The maximum atomic E-state index is 16.2. The number of hydrogen-bond acceptors (Lipinski definition) is 7. The lowest BCUT2D eigenvalue weighted by molar-refractivity contribution is -0.139. The highest BCUT2D eigenvalue weighted by Gasteiger charge is 2.40. The molecule has 1 aromatic heterocycles. The first-order valence-corrected chi connectivity index (χ1v) is 22.8. The van der Waals surface area contributed by atoms with Crippen LogP contribution in [0, 0.1) is 11.2 Å². The zero-order chi connectivity index (χ0) is 47.3. The summed E-state index contributed by atoms with van der Waals surface area (Å²) in [5, 5.41) is 5.96. The number of hydrogen-bond donors (Lipinski definition) is 3. The lowest BCUT2D eigenvalue weighted by Crippen LogP contribution is -2.48. The van der Waals surface area contributed by atoms with Crippen LogP contribution in [0.15, 0.2) is 103 Å². The molecule has 0 unspecified atom stereocenters. The molecule has 0 spiro atoms. The van der Waals surface area contributed by atoms with Crippen LogP contribution < -0.4 is 10.6 Å². The third kappa shape index (κ3) is 11.4. The standard InChI is InChI=1S/C53H60FN5O7/c1-52(2,3)32-38(60)31-39(34-15-9-7-10-16-34)49(63)59-28-14-20-43(59)48(62)55-37-24-22-36(23-25-37)46-45(54)40-29-33(21-26-41(40)56-46)30-44(61)42-19-13-27-58(42)50(64)47(35-17-11-8-12-18-35)57-51(65)66-53(4,5)6/h7-12,15-18,21-26,29,39,42-43,47,56H,13-14,19-20,27-28,30-32H2,1-6H3,(H,55,62)(H,57,65)/t39-,42-,43-,47-/m0/s1. The van der Waals surface area contributed by atoms with Crippen molar-refractivity contribution in [3.05, 3.63) is 126 Å². The zero-order valence-corrected chi connectivity index (χ0v) is 38.6. The highest BCUT2D eigenvalue weighted by Crippen LogP contribution is 2.34. The molecule has 5 aromatic rings. The van der Waals surface area contributed by atoms with E-state index in [1.54, 1.807) is 92.4 Å². The van der Waals surface area contributed by atoms with E-state index in [1.807, 2.05) is 57.2 Å². The van der Waals surface area contributed by atoms with Crippen LogP contribution in [0.1, 0.15) is 109 Å². The predicted octanol–water partition coefficient (Wildman–Crippen LogP) is 9.45. The molecule has 3 heterocycles. The molecule has 13 heteroatoms. The van der Waals surface area contributed by atoms with Crippen molar-refractivity contribution in [1.29, 1.82) is 0 Å². The highest BCUT2D eigenvalue weighted by atomic mass is 19.1. The van der Waals surface area contributed by atoms with E-state index in [9.17, 15) is 28.8 Å². The number of fused-ring (bicyclic) bond motifs is 1. The number of alkyl carbamates (subject to hydrolysis) is 1. The van der Waals surface area contributed by atoms with Gasteiger partial charge in [-0.15, -0.1) is 0 Å². The quantitative estimate of drug-likeness (QED) is 0.100. The van der Waals surface area contributed by atoms with Gasteiger partial charge in [-0.1, -0.05) is 99.6 Å². The molecule has 66 heavy (non-hydrogen) atoms. The minimum Gasteiger partial charge on any atom is -0.444 e. The number of aromatic nitrogens is 1. The largest absolute Gasteiger partial charge is 0.444 e. The number of ketones is 2. The Labute approximate surface area is 385 Å². The maximum absolute atomic E-state index is 16.2. The summed E-state index contributed by atoms with van der Waals surface area (Å²) in [4.78, 5) is 88.1. The topological polar surface area (TPSA) is 158 Å². The number of carbonyl (C=O) groups excluding carboxylic acids is 6. The number of Topliss-reactive ketones (excluding diaryl/α,β-unsaturated/α-hetero) is 2. The van der Waals surface area contributed by atoms with Crippen molar-refractivity contribution in [1.82, 2.24) is 20.1 Å². The fraction of sp³-hybridized carbons (Fsp3) is 0.396. The molecule has 0 saturated carbocycles. The Bertz CT molecular complexity index is 2580. The van der Waals surface area contributed by atoms with Crippen LogP contribution in [0.4, 0.5) is 14.9 Å². The fourth-order valence-corrected chi connectivity index (χ4v) is 9.10. The van der Waals surface area contributed by atoms with E-state index in [1.165, 1.54) is 4.90 Å². The third-order valence-corrected chi connectivity index (χ3v) is 12.1. The molecule has 0 radical (unpaired) electrons. The van der Waals surface area contributed by atoms with E-state index in [0.29, 0.717) is 78.5 Å². The summed E-state index contributed by atoms with van der Waals surface area (Å²) >= 11 is 0. The van der Waals surface area contributed by atoms with Gasteiger partial charge in [0, 0.05) is 54.5 Å². The number of nitrogens with one attached hydrogen (secondary N) is 3. The lowest BCUT2D eigenvalue weighted by atomic mass is 9.84. The van der Waals surface area contributed by atoms with E-state index >= 15 is 4.39 Å². The normalized spacial score (nSPS) is 17.3. The average Bonchev–Trinajstić information content (AvgIpc) is 4.04. The van der Waals surface area contributed by atoms with Crippen LogP contribution >= 0.6 is 0 Å². The van der Waals surface area contributed by atoms with Gasteiger partial charge >= 0.3 is 6.09 Å². The average molecular weight is 898 g/mol. The van der Waals surface area contributed by atoms with Crippen molar-refractivity contribution in [3.8, 4) is 11.3 Å². The first kappa shape index (κ1) is 47.3. The second-order valence-electron chi connectivity index (χ2n) is 19.7. The number of anilines is 1. The monoisotopic (exact) mass is 897 g/mol. The van der Waals surface area contributed by atoms with Crippen LogP contribution in [0.25, 0.3) is 22.2 Å². The number of ether oxygens (including phenoxy) is 1. The summed E-state index contributed by atoms with van der Waals surface area (Å²) < 4.78 is 21.7. The molecule has 7 rings (SSSR count). The molecule has 4 amide bonds. The summed E-state index contributed by atoms with van der Waals surface area (Å²) in [6.07, 6.45) is 1.85. The lowest BCUT2D eigenvalue weighted by Gasteiger charge is -2.29. The van der Waals surface area contributed by atoms with Gasteiger partial charge < -0.3 is 30.2 Å². The van der Waals surface area contributed by atoms with Gasteiger partial charge in [-0.05, 0) is 92.8 Å². The summed E-state index contributed by atoms with van der Waals surface area (Å²) in [6, 6.07) is 27.5. The third-order valence-electron chi connectivity index (χ3n) is 12.1. The minimum atomic E-state index is -1.06. The Kier molecular flexibility index (Phi) is 14.2. The van der Waals surface area contributed by atoms with Gasteiger partial charge in [0.15, 0.2) is 11.6 Å². The molecule has 2 aliphatic rings. The zero-order valence-electron chi connectivity index (χ0n) is 38.6. The number of carbonyl (C=O) groups is 6. The molecule has 346 valence electrons. The van der Waals surface area contributed by atoms with Gasteiger partial charge in [-0.3, -0.25) is 24.0 Å². The fourth-order valence-electron chi connectivity index (χ4n) is 9.10. The molecule has 4 atom stereocenters. The van der Waals surface area contributed by atoms with Crippen molar-refractivity contribution < 1.29 is 37.9 Å². The van der Waals surface area contributed by atoms with Gasteiger partial charge in [0.25, 0.3) is 5.91 Å². The second-order valence-corrected chi connectivity index (χ2v) is 19.7. The maximum Gasteiger partial charge on any atom is 0.408 e. The van der Waals surface area contributed by atoms with Crippen LogP contribution in [-0.2, 0) is 35.1 Å². The summed E-state index contributed by atoms with van der Waals surface area (Å²) in [7, 11) is 0. The number of H-pyrrole nitrogens is 1. The molecule has 12 nitrogen and oxygen atoms in total. The van der Waals surface area contributed by atoms with Gasteiger partial charge in [-0.2, -0.15) is 0 Å². The molecule has 4 aromatic carbocycles. The molecule has 0 bridgehead atoms. The molecule has 2 saturated heterocycles. The van der Waals surface area contributed by atoms with Gasteiger partial charge in [0.05, 0.1) is 17.7 Å². The summed E-state index contributed by atoms with van der Waals surface area (Å²) in [6.45, 7) is 11.9. The van der Waals surface area contributed by atoms with E-state index in [-0.39, 0.29) is 47.3 Å². The minimum absolute atomic E-state index is 0.00154. The highest BCUT2D eigenvalue weighted by molar-refractivity contribution is 6.00. The number of halogens is 1. The molecule has 2 aliphatic heterocycles. The van der Waals surface area contributed by atoms with Crippen molar-refractivity contribution in [3.63, 3.8) is 0 Å². The van der Waals surface area contributed by atoms with E-state index in [0.717, 1.165) is 5.56 Å². The first-order chi connectivity index (χ1) is 31.3. The van der Waals surface area contributed by atoms with Crippen molar-refractivity contribution in [2.24, 2.45) is 5.41 Å². The summed E-state index contributed by atoms with van der Waals surface area (Å²) in [5.74, 6) is -2.37. The van der Waals surface area contributed by atoms with Gasteiger partial charge in [0.2, 0.25) is 11.8 Å². The number of likely N-dealkylation sites (tertiary alicyclic amines) is 2. The van der Waals surface area contributed by atoms with E-state index in [2.05, 4.69) is 15.6 Å². The molecule has 0 aliphatic carbocycles. The SMILES string of the molecule is CC(C)(C)CC(=O)C[C@H](C(=O)N1CCC[C@H]1C(=O)Nc1ccc(-c2[nH]c3ccc(CC(=O)[C@@H]4CCCN4C(=O)[C@@H](NC(=O)OC(C)(C)C)c4ccccc4)cc3c2F)cc1)c1ccccc1. The number of amides is 4. The molecule has 3 N–H and O–H groups in total. The number of nitrogens with zero attached hydrogens (tertiary/aromatic N) is 2. The smallest absolute Gasteiger partial charge is 0.408 e. The van der Waals surface area contributed by atoms with E-state index < -0.39 is 47.5 Å². The Balaban J connectivity index is 1.01. The van der Waals surface area contributed by atoms with Crippen LogP contribution in [-0.4, -0.2) is 80.9 Å². The van der Waals surface area contributed by atoms with Gasteiger partial charge in [0.1, 0.15) is 23.5 Å². The Morgan fingerprint density at radius 2 is 1.36 bits per heavy atom. The number of rotatable bonds is 14. The van der Waals surface area contributed by atoms with Gasteiger partial charge in [-0.25, -0.2) is 9.18 Å². The predicted molar refractivity (Wildman–Crippen MR) is 252 cm³/mol. The second kappa shape index (κ2) is 19.9. The Morgan fingerprint density at radius 1 is 0.758 bits per heavy atom. The van der Waals surface area contributed by atoms with Crippen LogP contribution in [0.3, 0.4) is 0 Å². The number of aromatic amines is 1. The molecular formula is C53H60FN5O7. The van der Waals surface area contributed by atoms with Crippen LogP contribution in [0.2, 0.25) is 0 Å². The first-order valence-electron chi connectivity index (χ1n) is 22.8. The number of benzene rings is 4. The van der Waals surface area contributed by atoms with Crippen molar-refractivity contribution in [2.45, 2.75) is 116 Å².